The number of carbonyl (C=O) groups excluding carboxylic acids is 1. The summed E-state index contributed by atoms with van der Waals surface area (Å²) in [5.74, 6) is 0.418. The van der Waals surface area contributed by atoms with Gasteiger partial charge in [0.05, 0.1) is 30.8 Å². The van der Waals surface area contributed by atoms with Crippen molar-refractivity contribution in [2.45, 2.75) is 18.9 Å². The number of hydrogen-bond acceptors (Lipinski definition) is 6. The van der Waals surface area contributed by atoms with Gasteiger partial charge in [-0.2, -0.15) is 10.2 Å². The van der Waals surface area contributed by atoms with Gasteiger partial charge in [0.15, 0.2) is 5.69 Å². The first-order valence-electron chi connectivity index (χ1n) is 9.12. The Hall–Kier alpha value is -3.20. The molecule has 0 spiro atoms. The van der Waals surface area contributed by atoms with Gasteiger partial charge in [-0.25, -0.2) is 9.67 Å². The monoisotopic (exact) mass is 382 g/mol. The Kier molecular flexibility index (Phi) is 5.07. The van der Waals surface area contributed by atoms with Crippen molar-refractivity contribution < 1.29 is 14.3 Å². The average molecular weight is 382 g/mol. The molecule has 1 aliphatic rings. The molecule has 28 heavy (non-hydrogen) atoms. The largest absolute Gasteiger partial charge is 0.481 e. The maximum absolute atomic E-state index is 13.0. The van der Waals surface area contributed by atoms with Crippen LogP contribution in [0.5, 0.6) is 5.88 Å². The summed E-state index contributed by atoms with van der Waals surface area (Å²) in [4.78, 5) is 19.1. The number of nitrogens with one attached hydrogen (secondary N) is 1. The number of methoxy groups -OCH3 is 2. The first-order valence-corrected chi connectivity index (χ1v) is 9.12. The quantitative estimate of drug-likeness (QED) is 0.724. The number of amides is 1. The van der Waals surface area contributed by atoms with Gasteiger partial charge < -0.3 is 14.4 Å². The number of aromatic amines is 1. The molecule has 1 fully saturated rings. The van der Waals surface area contributed by atoms with Crippen LogP contribution in [-0.4, -0.2) is 69.2 Å². The van der Waals surface area contributed by atoms with E-state index in [1.807, 2.05) is 17.0 Å². The van der Waals surface area contributed by atoms with E-state index in [1.54, 1.807) is 43.4 Å². The number of nitrogens with zero attached hydrogens (tertiary/aromatic N) is 5. The SMILES string of the molecule is COc1ccc(-n2nc(C(=O)N3CCC(OC)CC3)cc2-c2cc[nH]n2)cn1. The van der Waals surface area contributed by atoms with Gasteiger partial charge in [0, 0.05) is 32.5 Å². The fourth-order valence-corrected chi connectivity index (χ4v) is 3.34. The maximum atomic E-state index is 13.0. The van der Waals surface area contributed by atoms with E-state index in [9.17, 15) is 4.79 Å². The summed E-state index contributed by atoms with van der Waals surface area (Å²) in [5.41, 5.74) is 2.50. The molecule has 0 bridgehead atoms. The molecule has 0 radical (unpaired) electrons. The van der Waals surface area contributed by atoms with Crippen LogP contribution in [0.15, 0.2) is 36.7 Å². The standard InChI is InChI=1S/C19H22N6O3/c1-27-14-6-9-24(10-7-14)19(26)16-11-17(15-5-8-21-22-15)25(23-16)13-3-4-18(28-2)20-12-13/h3-5,8,11-12,14H,6-7,9-10H2,1-2H3,(H,21,22). The van der Waals surface area contributed by atoms with E-state index in [0.29, 0.717) is 36.1 Å². The van der Waals surface area contributed by atoms with Gasteiger partial charge >= 0.3 is 0 Å². The molecule has 3 aromatic heterocycles. The lowest BCUT2D eigenvalue weighted by Crippen LogP contribution is -2.40. The van der Waals surface area contributed by atoms with E-state index in [1.165, 1.54) is 0 Å². The Morgan fingerprint density at radius 2 is 2.04 bits per heavy atom. The van der Waals surface area contributed by atoms with E-state index < -0.39 is 0 Å². The van der Waals surface area contributed by atoms with Crippen molar-refractivity contribution in [1.29, 1.82) is 0 Å². The molecule has 9 nitrogen and oxygen atoms in total. The van der Waals surface area contributed by atoms with Gasteiger partial charge in [0.25, 0.3) is 5.91 Å². The van der Waals surface area contributed by atoms with Crippen LogP contribution in [0.3, 0.4) is 0 Å². The molecule has 0 aromatic carbocycles. The zero-order valence-corrected chi connectivity index (χ0v) is 15.8. The summed E-state index contributed by atoms with van der Waals surface area (Å²) in [6, 6.07) is 7.20. The molecule has 9 heteroatoms. The Labute approximate surface area is 162 Å². The number of hydrogen-bond donors (Lipinski definition) is 1. The third-order valence-electron chi connectivity index (χ3n) is 4.93. The molecule has 4 rings (SSSR count). The molecular formula is C19H22N6O3. The zero-order valence-electron chi connectivity index (χ0n) is 15.8. The van der Waals surface area contributed by atoms with E-state index in [0.717, 1.165) is 18.5 Å². The second kappa shape index (κ2) is 7.81. The summed E-state index contributed by atoms with van der Waals surface area (Å²) in [6.45, 7) is 1.32. The minimum absolute atomic E-state index is 0.0911. The first kappa shape index (κ1) is 18.2. The molecule has 0 atom stereocenters. The third-order valence-corrected chi connectivity index (χ3v) is 4.93. The van der Waals surface area contributed by atoms with Crippen molar-refractivity contribution in [3.8, 4) is 23.0 Å². The summed E-state index contributed by atoms with van der Waals surface area (Å²) < 4.78 is 12.2. The zero-order chi connectivity index (χ0) is 19.5. The van der Waals surface area contributed by atoms with Crippen LogP contribution in [0, 0.1) is 0 Å². The molecule has 146 valence electrons. The van der Waals surface area contributed by atoms with Gasteiger partial charge in [-0.3, -0.25) is 9.89 Å². The van der Waals surface area contributed by atoms with Gasteiger partial charge in [0.1, 0.15) is 5.69 Å². The first-order chi connectivity index (χ1) is 13.7. The summed E-state index contributed by atoms with van der Waals surface area (Å²) in [7, 11) is 3.28. The van der Waals surface area contributed by atoms with Crippen molar-refractivity contribution in [3.63, 3.8) is 0 Å². The number of H-pyrrole nitrogens is 1. The smallest absolute Gasteiger partial charge is 0.274 e. The predicted molar refractivity (Wildman–Crippen MR) is 101 cm³/mol. The normalized spacial score (nSPS) is 15.0. The number of pyridine rings is 1. The summed E-state index contributed by atoms with van der Waals surface area (Å²) in [6.07, 6.45) is 5.26. The van der Waals surface area contributed by atoms with Crippen LogP contribution >= 0.6 is 0 Å². The van der Waals surface area contributed by atoms with Crippen LogP contribution in [-0.2, 0) is 4.74 Å². The van der Waals surface area contributed by atoms with Crippen LogP contribution in [0.1, 0.15) is 23.3 Å². The number of likely N-dealkylation sites (tertiary alicyclic amines) is 1. The highest BCUT2D eigenvalue weighted by Gasteiger charge is 2.26. The van der Waals surface area contributed by atoms with Crippen molar-refractivity contribution in [3.05, 3.63) is 42.4 Å². The summed E-state index contributed by atoms with van der Waals surface area (Å²) >= 11 is 0. The Balaban J connectivity index is 1.66. The highest BCUT2D eigenvalue weighted by atomic mass is 16.5. The van der Waals surface area contributed by atoms with E-state index in [4.69, 9.17) is 9.47 Å². The van der Waals surface area contributed by atoms with Gasteiger partial charge in [0.2, 0.25) is 5.88 Å². The van der Waals surface area contributed by atoms with E-state index in [2.05, 4.69) is 20.3 Å². The molecule has 1 amide bonds. The van der Waals surface area contributed by atoms with Crippen LogP contribution in [0.25, 0.3) is 17.1 Å². The minimum atomic E-state index is -0.0911. The van der Waals surface area contributed by atoms with Gasteiger partial charge in [-0.1, -0.05) is 0 Å². The lowest BCUT2D eigenvalue weighted by molar-refractivity contribution is 0.0347. The third kappa shape index (κ3) is 3.48. The molecule has 1 N–H and O–H groups in total. The van der Waals surface area contributed by atoms with Crippen molar-refractivity contribution in [2.75, 3.05) is 27.3 Å². The molecule has 1 saturated heterocycles. The van der Waals surface area contributed by atoms with Crippen LogP contribution in [0.2, 0.25) is 0 Å². The van der Waals surface area contributed by atoms with Crippen molar-refractivity contribution >= 4 is 5.91 Å². The summed E-state index contributed by atoms with van der Waals surface area (Å²) in [5, 5.41) is 11.6. The fourth-order valence-electron chi connectivity index (χ4n) is 3.34. The number of ether oxygens (including phenoxy) is 2. The molecule has 1 aliphatic heterocycles. The van der Waals surface area contributed by atoms with Gasteiger partial charge in [-0.05, 0) is 31.0 Å². The van der Waals surface area contributed by atoms with Crippen molar-refractivity contribution in [1.82, 2.24) is 29.9 Å². The number of piperidine rings is 1. The predicted octanol–water partition coefficient (Wildman–Crippen LogP) is 1.92. The second-order valence-electron chi connectivity index (χ2n) is 6.57. The van der Waals surface area contributed by atoms with E-state index in [-0.39, 0.29) is 12.0 Å². The van der Waals surface area contributed by atoms with Crippen molar-refractivity contribution in [2.24, 2.45) is 0 Å². The van der Waals surface area contributed by atoms with Crippen LogP contribution < -0.4 is 4.74 Å². The highest BCUT2D eigenvalue weighted by molar-refractivity contribution is 5.93. The molecule has 4 heterocycles. The van der Waals surface area contributed by atoms with Crippen LogP contribution in [0.4, 0.5) is 0 Å². The highest BCUT2D eigenvalue weighted by Crippen LogP contribution is 2.24. The molecule has 0 saturated carbocycles. The minimum Gasteiger partial charge on any atom is -0.481 e. The Morgan fingerprint density at radius 1 is 1.21 bits per heavy atom. The second-order valence-corrected chi connectivity index (χ2v) is 6.57. The average Bonchev–Trinajstić information content (AvgIpc) is 3.43. The molecule has 3 aromatic rings. The number of rotatable bonds is 5. The molecule has 0 aliphatic carbocycles. The molecule has 0 unspecified atom stereocenters. The molecular weight excluding hydrogens is 360 g/mol. The lowest BCUT2D eigenvalue weighted by Gasteiger charge is -2.30. The number of carbonyl (C=O) groups is 1. The Bertz CT molecular complexity index is 927. The lowest BCUT2D eigenvalue weighted by atomic mass is 10.1. The van der Waals surface area contributed by atoms with Gasteiger partial charge in [-0.15, -0.1) is 0 Å². The fraction of sp³-hybridized carbons (Fsp3) is 0.368. The number of aromatic nitrogens is 5. The maximum Gasteiger partial charge on any atom is 0.274 e. The van der Waals surface area contributed by atoms with E-state index >= 15 is 0 Å². The Morgan fingerprint density at radius 3 is 2.64 bits per heavy atom. The topological polar surface area (TPSA) is 98.2 Å².